The molecule has 2 aliphatic heterocycles. The zero-order chi connectivity index (χ0) is 25.8. The predicted octanol–water partition coefficient (Wildman–Crippen LogP) is 5.23. The second-order valence-electron chi connectivity index (χ2n) is 9.85. The van der Waals surface area contributed by atoms with Crippen LogP contribution in [0.25, 0.3) is 10.9 Å². The zero-order valence-corrected chi connectivity index (χ0v) is 20.5. The first-order chi connectivity index (χ1) is 17.8. The number of anilines is 1. The highest BCUT2D eigenvalue weighted by Gasteiger charge is 2.47. The molecule has 0 spiro atoms. The lowest BCUT2D eigenvalue weighted by Gasteiger charge is -2.40. The predicted molar refractivity (Wildman–Crippen MR) is 140 cm³/mol. The van der Waals surface area contributed by atoms with E-state index in [1.165, 1.54) is 17.0 Å². The number of nitro benzene ring substituents is 1. The third-order valence-electron chi connectivity index (χ3n) is 7.81. The van der Waals surface area contributed by atoms with Crippen molar-refractivity contribution in [3.05, 3.63) is 105 Å². The molecule has 3 aromatic carbocycles. The summed E-state index contributed by atoms with van der Waals surface area (Å²) in [7, 11) is 0. The van der Waals surface area contributed by atoms with Crippen molar-refractivity contribution in [2.75, 3.05) is 11.4 Å². The van der Waals surface area contributed by atoms with E-state index in [-0.39, 0.29) is 41.6 Å². The molecule has 3 unspecified atom stereocenters. The molecule has 0 bridgehead atoms. The van der Waals surface area contributed by atoms with Crippen molar-refractivity contribution in [1.29, 1.82) is 0 Å². The number of nitrogens with zero attached hydrogens (tertiary/aromatic N) is 3. The van der Waals surface area contributed by atoms with Gasteiger partial charge in [0.25, 0.3) is 11.6 Å². The van der Waals surface area contributed by atoms with Gasteiger partial charge in [-0.25, -0.2) is 4.90 Å². The molecule has 3 heterocycles. The fourth-order valence-corrected chi connectivity index (χ4v) is 5.95. The van der Waals surface area contributed by atoms with Crippen LogP contribution >= 0.6 is 0 Å². The number of nitrogens with one attached hydrogen (secondary N) is 1. The molecule has 8 nitrogen and oxygen atoms in total. The number of fused-ring (bicyclic) bond motifs is 3. The molecule has 6 rings (SSSR count). The quantitative estimate of drug-likeness (QED) is 0.238. The van der Waals surface area contributed by atoms with Crippen molar-refractivity contribution in [3.63, 3.8) is 0 Å². The number of amides is 2. The Hall–Kier alpha value is -4.30. The number of benzene rings is 3. The van der Waals surface area contributed by atoms with Crippen molar-refractivity contribution >= 4 is 34.1 Å². The summed E-state index contributed by atoms with van der Waals surface area (Å²) in [5, 5.41) is 12.6. The minimum Gasteiger partial charge on any atom is -0.357 e. The van der Waals surface area contributed by atoms with E-state index in [0.29, 0.717) is 12.1 Å². The average molecular weight is 495 g/mol. The topological polar surface area (TPSA) is 99.6 Å². The normalized spacial score (nSPS) is 22.0. The van der Waals surface area contributed by atoms with Crippen LogP contribution in [0, 0.1) is 17.0 Å². The molecule has 1 saturated heterocycles. The van der Waals surface area contributed by atoms with E-state index in [4.69, 9.17) is 0 Å². The van der Waals surface area contributed by atoms with E-state index >= 15 is 0 Å². The Labute approximate surface area is 213 Å². The van der Waals surface area contributed by atoms with E-state index in [9.17, 15) is 19.7 Å². The van der Waals surface area contributed by atoms with Gasteiger partial charge >= 0.3 is 0 Å². The van der Waals surface area contributed by atoms with Gasteiger partial charge in [0.2, 0.25) is 5.91 Å². The Bertz CT molecular complexity index is 1560. The summed E-state index contributed by atoms with van der Waals surface area (Å²) in [6.07, 6.45) is 0.0297. The van der Waals surface area contributed by atoms with Crippen LogP contribution in [0.1, 0.15) is 47.7 Å². The lowest BCUT2D eigenvalue weighted by molar-refractivity contribution is -0.385. The number of hydrogen-bond donors (Lipinski definition) is 1. The number of carbonyl (C=O) groups excluding carboxylic acids is 2. The van der Waals surface area contributed by atoms with Crippen LogP contribution < -0.4 is 4.90 Å². The lowest BCUT2D eigenvalue weighted by Crippen LogP contribution is -2.47. The molecule has 0 saturated carbocycles. The molecule has 1 N–H and O–H groups in total. The van der Waals surface area contributed by atoms with Crippen molar-refractivity contribution in [2.45, 2.75) is 38.3 Å². The van der Waals surface area contributed by atoms with Gasteiger partial charge in [0.1, 0.15) is 0 Å². The van der Waals surface area contributed by atoms with Crippen molar-refractivity contribution in [2.24, 2.45) is 0 Å². The van der Waals surface area contributed by atoms with Gasteiger partial charge < -0.3 is 4.98 Å². The van der Waals surface area contributed by atoms with Crippen LogP contribution in [0.15, 0.2) is 72.8 Å². The molecule has 8 heteroatoms. The molecule has 0 radical (unpaired) electrons. The Morgan fingerprint density at radius 3 is 2.49 bits per heavy atom. The van der Waals surface area contributed by atoms with E-state index in [1.54, 1.807) is 19.1 Å². The Balaban J connectivity index is 1.41. The molecule has 37 heavy (non-hydrogen) atoms. The maximum absolute atomic E-state index is 13.7. The molecule has 186 valence electrons. The number of aryl methyl sites for hydroxylation is 1. The minimum absolute atomic E-state index is 0.0148. The fraction of sp³-hybridized carbons (Fsp3) is 0.241. The Morgan fingerprint density at radius 2 is 1.73 bits per heavy atom. The average Bonchev–Trinajstić information content (AvgIpc) is 3.43. The number of rotatable bonds is 4. The Kier molecular flexibility index (Phi) is 5.42. The SMILES string of the molecule is Cc1ccc(N2C(=O)CC(N3CC(c4ccccc4)c4c([nH]c5ccccc45)C3C)C2=O)cc1[N+](=O)[O-]. The highest BCUT2D eigenvalue weighted by Crippen LogP contribution is 2.45. The second kappa shape index (κ2) is 8.67. The van der Waals surface area contributed by atoms with Crippen LogP contribution in [0.2, 0.25) is 0 Å². The molecular weight excluding hydrogens is 468 g/mol. The van der Waals surface area contributed by atoms with Crippen LogP contribution in [-0.4, -0.2) is 39.2 Å². The van der Waals surface area contributed by atoms with Crippen molar-refractivity contribution in [3.8, 4) is 0 Å². The van der Waals surface area contributed by atoms with Gasteiger partial charge in [0.15, 0.2) is 0 Å². The van der Waals surface area contributed by atoms with Crippen molar-refractivity contribution < 1.29 is 14.5 Å². The largest absolute Gasteiger partial charge is 0.357 e. The van der Waals surface area contributed by atoms with Crippen LogP contribution in [0.4, 0.5) is 11.4 Å². The standard InChI is InChI=1S/C29H26N4O4/c1-17-12-13-20(14-24(17)33(36)37)32-26(34)15-25(29(32)35)31-16-22(19-8-4-3-5-9-19)27-21-10-6-7-11-23(21)30-28(27)18(31)2/h3-14,18,22,25,30H,15-16H2,1-2H3. The number of nitro groups is 1. The van der Waals surface area contributed by atoms with Gasteiger partial charge in [0.05, 0.1) is 23.1 Å². The molecule has 3 atom stereocenters. The van der Waals surface area contributed by atoms with Gasteiger partial charge in [0, 0.05) is 46.7 Å². The van der Waals surface area contributed by atoms with E-state index in [0.717, 1.165) is 21.7 Å². The van der Waals surface area contributed by atoms with Gasteiger partial charge in [-0.15, -0.1) is 0 Å². The molecule has 1 fully saturated rings. The van der Waals surface area contributed by atoms with E-state index in [1.807, 2.05) is 30.3 Å². The highest BCUT2D eigenvalue weighted by molar-refractivity contribution is 6.22. The summed E-state index contributed by atoms with van der Waals surface area (Å²) >= 11 is 0. The fourth-order valence-electron chi connectivity index (χ4n) is 5.95. The summed E-state index contributed by atoms with van der Waals surface area (Å²) in [6, 6.07) is 22.1. The molecule has 2 amide bonds. The summed E-state index contributed by atoms with van der Waals surface area (Å²) in [4.78, 5) is 44.7. The molecule has 0 aliphatic carbocycles. The summed E-state index contributed by atoms with van der Waals surface area (Å²) < 4.78 is 0. The van der Waals surface area contributed by atoms with E-state index < -0.39 is 11.0 Å². The van der Waals surface area contributed by atoms with Gasteiger partial charge in [-0.1, -0.05) is 54.6 Å². The third-order valence-corrected chi connectivity index (χ3v) is 7.81. The summed E-state index contributed by atoms with van der Waals surface area (Å²) in [5.74, 6) is -0.679. The lowest BCUT2D eigenvalue weighted by atomic mass is 9.83. The zero-order valence-electron chi connectivity index (χ0n) is 20.5. The third kappa shape index (κ3) is 3.64. The first-order valence-corrected chi connectivity index (χ1v) is 12.4. The first-order valence-electron chi connectivity index (χ1n) is 12.4. The molecule has 1 aromatic heterocycles. The number of carbonyl (C=O) groups is 2. The number of aromatic nitrogens is 1. The van der Waals surface area contributed by atoms with Crippen LogP contribution in [-0.2, 0) is 9.59 Å². The maximum Gasteiger partial charge on any atom is 0.274 e. The highest BCUT2D eigenvalue weighted by atomic mass is 16.6. The smallest absolute Gasteiger partial charge is 0.274 e. The molecule has 4 aromatic rings. The van der Waals surface area contributed by atoms with Gasteiger partial charge in [-0.05, 0) is 37.1 Å². The van der Waals surface area contributed by atoms with Crippen LogP contribution in [0.5, 0.6) is 0 Å². The number of aromatic amines is 1. The summed E-state index contributed by atoms with van der Waals surface area (Å²) in [6.45, 7) is 4.27. The second-order valence-corrected chi connectivity index (χ2v) is 9.85. The van der Waals surface area contributed by atoms with Gasteiger partial charge in [-0.3, -0.25) is 24.6 Å². The number of hydrogen-bond acceptors (Lipinski definition) is 5. The minimum atomic E-state index is -0.659. The number of para-hydroxylation sites is 1. The Morgan fingerprint density at radius 1 is 1.00 bits per heavy atom. The molecular formula is C29H26N4O4. The van der Waals surface area contributed by atoms with Crippen LogP contribution in [0.3, 0.4) is 0 Å². The first kappa shape index (κ1) is 23.1. The molecule has 2 aliphatic rings. The summed E-state index contributed by atoms with van der Waals surface area (Å²) in [5.41, 5.74) is 5.08. The number of H-pyrrole nitrogens is 1. The number of imide groups is 1. The van der Waals surface area contributed by atoms with Gasteiger partial charge in [-0.2, -0.15) is 0 Å². The van der Waals surface area contributed by atoms with Crippen molar-refractivity contribution in [1.82, 2.24) is 9.88 Å². The maximum atomic E-state index is 13.7. The van der Waals surface area contributed by atoms with E-state index in [2.05, 4.69) is 41.1 Å². The monoisotopic (exact) mass is 494 g/mol.